The number of rotatable bonds is 5. The van der Waals surface area contributed by atoms with E-state index >= 15 is 0 Å². The normalized spacial score (nSPS) is 13.0. The fraction of sp³-hybridized carbons (Fsp3) is 0.667. The molecule has 2 amide bonds. The van der Waals surface area contributed by atoms with Crippen LogP contribution in [0.15, 0.2) is 10.2 Å². The van der Waals surface area contributed by atoms with Crippen molar-refractivity contribution in [2.75, 3.05) is 0 Å². The summed E-state index contributed by atoms with van der Waals surface area (Å²) in [5.74, 6) is -0.432. The number of hydrazone groups is 2. The Labute approximate surface area is 108 Å². The summed E-state index contributed by atoms with van der Waals surface area (Å²) in [7, 11) is 0. The van der Waals surface area contributed by atoms with Crippen LogP contribution in [0.5, 0.6) is 0 Å². The summed E-state index contributed by atoms with van der Waals surface area (Å²) in [6, 6.07) is 0. The molecule has 18 heavy (non-hydrogen) atoms. The van der Waals surface area contributed by atoms with Gasteiger partial charge in [0.2, 0.25) is 11.8 Å². The standard InChI is InChI=1S/C12H22N4O2/c1-9(17)15-13-7-11(3,4)12(5,6)8-14-16-10(2)18/h7-8H,1-6H3,(H,15,17)(H,16,18)/b13-7-,14-8-. The molecule has 0 rings (SSSR count). The van der Waals surface area contributed by atoms with Crippen molar-refractivity contribution in [2.45, 2.75) is 41.5 Å². The first-order chi connectivity index (χ1) is 8.08. The third-order valence-corrected chi connectivity index (χ3v) is 2.88. The molecule has 0 heterocycles. The zero-order valence-corrected chi connectivity index (χ0v) is 11.9. The highest BCUT2D eigenvalue weighted by Crippen LogP contribution is 2.34. The van der Waals surface area contributed by atoms with Crippen molar-refractivity contribution in [3.63, 3.8) is 0 Å². The lowest BCUT2D eigenvalue weighted by molar-refractivity contribution is -0.119. The van der Waals surface area contributed by atoms with Gasteiger partial charge in [-0.1, -0.05) is 27.7 Å². The first-order valence-corrected chi connectivity index (χ1v) is 5.70. The molecule has 0 bridgehead atoms. The molecule has 0 aliphatic carbocycles. The Morgan fingerprint density at radius 1 is 0.833 bits per heavy atom. The van der Waals surface area contributed by atoms with Gasteiger partial charge in [-0.05, 0) is 0 Å². The molecule has 0 unspecified atom stereocenters. The van der Waals surface area contributed by atoms with Crippen LogP contribution in [-0.4, -0.2) is 24.2 Å². The summed E-state index contributed by atoms with van der Waals surface area (Å²) in [6.07, 6.45) is 3.32. The Morgan fingerprint density at radius 2 is 1.11 bits per heavy atom. The Bertz CT molecular complexity index is 334. The predicted molar refractivity (Wildman–Crippen MR) is 72.2 cm³/mol. The maximum Gasteiger partial charge on any atom is 0.236 e. The molecule has 0 aromatic heterocycles. The number of nitrogens with one attached hydrogen (secondary N) is 2. The number of hydrogen-bond acceptors (Lipinski definition) is 4. The number of carbonyl (C=O) groups excluding carboxylic acids is 2. The molecular weight excluding hydrogens is 232 g/mol. The van der Waals surface area contributed by atoms with E-state index in [1.807, 2.05) is 27.7 Å². The van der Waals surface area contributed by atoms with E-state index in [2.05, 4.69) is 21.1 Å². The molecule has 6 heteroatoms. The number of nitrogens with zero attached hydrogens (tertiary/aromatic N) is 2. The summed E-state index contributed by atoms with van der Waals surface area (Å²) < 4.78 is 0. The fourth-order valence-electron chi connectivity index (χ4n) is 0.902. The Hall–Kier alpha value is -1.72. The van der Waals surface area contributed by atoms with Crippen molar-refractivity contribution < 1.29 is 9.59 Å². The minimum atomic E-state index is -0.336. The van der Waals surface area contributed by atoms with Gasteiger partial charge < -0.3 is 0 Å². The molecule has 0 fully saturated rings. The van der Waals surface area contributed by atoms with Gasteiger partial charge in [-0.3, -0.25) is 9.59 Å². The van der Waals surface area contributed by atoms with Crippen LogP contribution < -0.4 is 10.9 Å². The van der Waals surface area contributed by atoms with Gasteiger partial charge in [0, 0.05) is 37.1 Å². The van der Waals surface area contributed by atoms with Crippen LogP contribution in [0.1, 0.15) is 41.5 Å². The molecular formula is C12H22N4O2. The topological polar surface area (TPSA) is 82.9 Å². The Balaban J connectivity index is 4.73. The molecule has 0 saturated heterocycles. The molecule has 0 spiro atoms. The van der Waals surface area contributed by atoms with Gasteiger partial charge in [0.1, 0.15) is 0 Å². The van der Waals surface area contributed by atoms with E-state index in [1.54, 1.807) is 12.4 Å². The first-order valence-electron chi connectivity index (χ1n) is 5.70. The number of carbonyl (C=O) groups is 2. The first kappa shape index (κ1) is 16.3. The molecule has 0 saturated carbocycles. The third-order valence-electron chi connectivity index (χ3n) is 2.88. The smallest absolute Gasteiger partial charge is 0.236 e. The highest BCUT2D eigenvalue weighted by molar-refractivity contribution is 5.80. The Morgan fingerprint density at radius 3 is 1.33 bits per heavy atom. The predicted octanol–water partition coefficient (Wildman–Crippen LogP) is 1.28. The molecule has 0 radical (unpaired) electrons. The van der Waals surface area contributed by atoms with Crippen molar-refractivity contribution in [1.29, 1.82) is 0 Å². The van der Waals surface area contributed by atoms with Crippen molar-refractivity contribution in [1.82, 2.24) is 10.9 Å². The second kappa shape index (κ2) is 6.28. The summed E-state index contributed by atoms with van der Waals surface area (Å²) in [4.78, 5) is 21.5. The number of amides is 2. The van der Waals surface area contributed by atoms with Gasteiger partial charge in [0.05, 0.1) is 0 Å². The van der Waals surface area contributed by atoms with E-state index in [1.165, 1.54) is 13.8 Å². The van der Waals surface area contributed by atoms with Crippen LogP contribution in [0.4, 0.5) is 0 Å². The van der Waals surface area contributed by atoms with Gasteiger partial charge in [0.25, 0.3) is 0 Å². The second-order valence-electron chi connectivity index (χ2n) is 5.30. The fourth-order valence-corrected chi connectivity index (χ4v) is 0.902. The lowest BCUT2D eigenvalue weighted by Gasteiger charge is -2.35. The van der Waals surface area contributed by atoms with E-state index in [4.69, 9.17) is 0 Å². The van der Waals surface area contributed by atoms with Crippen molar-refractivity contribution >= 4 is 24.2 Å². The zero-order valence-electron chi connectivity index (χ0n) is 11.9. The van der Waals surface area contributed by atoms with Gasteiger partial charge in [-0.2, -0.15) is 10.2 Å². The molecule has 6 nitrogen and oxygen atoms in total. The monoisotopic (exact) mass is 254 g/mol. The van der Waals surface area contributed by atoms with Crippen molar-refractivity contribution in [3.8, 4) is 0 Å². The van der Waals surface area contributed by atoms with Crippen LogP contribution in [-0.2, 0) is 9.59 Å². The van der Waals surface area contributed by atoms with Crippen molar-refractivity contribution in [3.05, 3.63) is 0 Å². The average Bonchev–Trinajstić information content (AvgIpc) is 2.15. The highest BCUT2D eigenvalue weighted by atomic mass is 16.2. The lowest BCUT2D eigenvalue weighted by atomic mass is 9.69. The van der Waals surface area contributed by atoms with Crippen molar-refractivity contribution in [2.24, 2.45) is 21.0 Å². The zero-order chi connectivity index (χ0) is 14.4. The molecule has 0 aliphatic heterocycles. The van der Waals surface area contributed by atoms with Gasteiger partial charge in [-0.15, -0.1) is 0 Å². The van der Waals surface area contributed by atoms with Crippen LogP contribution in [0, 0.1) is 10.8 Å². The molecule has 0 aromatic rings. The maximum atomic E-state index is 10.7. The summed E-state index contributed by atoms with van der Waals surface area (Å²) in [6.45, 7) is 10.7. The lowest BCUT2D eigenvalue weighted by Crippen LogP contribution is -2.36. The molecule has 0 aromatic carbocycles. The van der Waals surface area contributed by atoms with Gasteiger partial charge in [-0.25, -0.2) is 10.9 Å². The van der Waals surface area contributed by atoms with Crippen LogP contribution in [0.2, 0.25) is 0 Å². The average molecular weight is 254 g/mol. The largest absolute Gasteiger partial charge is 0.274 e. The second-order valence-corrected chi connectivity index (χ2v) is 5.30. The van der Waals surface area contributed by atoms with Crippen LogP contribution in [0.3, 0.4) is 0 Å². The summed E-state index contributed by atoms with van der Waals surface area (Å²) in [5, 5.41) is 7.76. The van der Waals surface area contributed by atoms with Gasteiger partial charge >= 0.3 is 0 Å². The quantitative estimate of drug-likeness (QED) is 0.572. The van der Waals surface area contributed by atoms with Crippen LogP contribution >= 0.6 is 0 Å². The van der Waals surface area contributed by atoms with E-state index in [-0.39, 0.29) is 22.6 Å². The van der Waals surface area contributed by atoms with E-state index in [0.717, 1.165) is 0 Å². The summed E-state index contributed by atoms with van der Waals surface area (Å²) >= 11 is 0. The molecule has 102 valence electrons. The SMILES string of the molecule is CC(=O)N/N=C\C(C)(C)C(C)(C)/C=N\NC(C)=O. The highest BCUT2D eigenvalue weighted by Gasteiger charge is 2.34. The molecule has 2 N–H and O–H groups in total. The minimum absolute atomic E-state index is 0.216. The van der Waals surface area contributed by atoms with Gasteiger partial charge in [0.15, 0.2) is 0 Å². The third kappa shape index (κ3) is 5.56. The number of hydrogen-bond donors (Lipinski definition) is 2. The Kier molecular flexibility index (Phi) is 5.68. The van der Waals surface area contributed by atoms with E-state index in [0.29, 0.717) is 0 Å². The summed E-state index contributed by atoms with van der Waals surface area (Å²) in [5.41, 5.74) is 4.06. The van der Waals surface area contributed by atoms with E-state index in [9.17, 15) is 9.59 Å². The molecule has 0 atom stereocenters. The maximum absolute atomic E-state index is 10.7. The molecule has 0 aliphatic rings. The minimum Gasteiger partial charge on any atom is -0.274 e. The van der Waals surface area contributed by atoms with Crippen LogP contribution in [0.25, 0.3) is 0 Å². The van der Waals surface area contributed by atoms with E-state index < -0.39 is 0 Å².